The lowest BCUT2D eigenvalue weighted by molar-refractivity contribution is 0.0927. The van der Waals surface area contributed by atoms with Crippen LogP contribution in [0.3, 0.4) is 0 Å². The van der Waals surface area contributed by atoms with Crippen LogP contribution in [0.2, 0.25) is 0 Å². The average molecular weight is 465 g/mol. The fourth-order valence-electron chi connectivity index (χ4n) is 3.33. The van der Waals surface area contributed by atoms with E-state index in [9.17, 15) is 4.79 Å². The first-order chi connectivity index (χ1) is 16.0. The Morgan fingerprint density at radius 1 is 1.24 bits per heavy atom. The summed E-state index contributed by atoms with van der Waals surface area (Å²) in [5.74, 6) is 1.55. The van der Waals surface area contributed by atoms with Crippen molar-refractivity contribution in [3.8, 4) is 11.5 Å². The van der Waals surface area contributed by atoms with Gasteiger partial charge < -0.3 is 25.5 Å². The Balaban J connectivity index is 1.54. The third-order valence-electron chi connectivity index (χ3n) is 5.12. The molecule has 12 heteroatoms. The summed E-state index contributed by atoms with van der Waals surface area (Å²) in [6.07, 6.45) is 2.98. The second-order valence-electron chi connectivity index (χ2n) is 9.40. The van der Waals surface area contributed by atoms with Gasteiger partial charge in [-0.2, -0.15) is 0 Å². The number of amides is 1. The van der Waals surface area contributed by atoms with E-state index < -0.39 is 6.04 Å². The van der Waals surface area contributed by atoms with E-state index in [-0.39, 0.29) is 22.8 Å². The molecule has 0 saturated heterocycles. The predicted octanol–water partition coefficient (Wildman–Crippen LogP) is 2.23. The highest BCUT2D eigenvalue weighted by atomic mass is 16.5. The number of fused-ring (bicyclic) bond motifs is 1. The smallest absolute Gasteiger partial charge is 0.271 e. The molecule has 0 aliphatic rings. The lowest BCUT2D eigenvalue weighted by atomic mass is 9.96. The van der Waals surface area contributed by atoms with Gasteiger partial charge in [0.2, 0.25) is 0 Å². The molecule has 178 valence electrons. The third kappa shape index (κ3) is 4.71. The first-order valence-corrected chi connectivity index (χ1v) is 10.8. The topological polar surface area (TPSA) is 165 Å². The van der Waals surface area contributed by atoms with E-state index in [1.165, 1.54) is 6.33 Å². The normalized spacial score (nSPS) is 12.9. The van der Waals surface area contributed by atoms with Crippen molar-refractivity contribution in [2.45, 2.75) is 45.7 Å². The predicted molar refractivity (Wildman–Crippen MR) is 126 cm³/mol. The number of H-pyrrole nitrogens is 1. The molecule has 4 heterocycles. The van der Waals surface area contributed by atoms with Gasteiger partial charge in [-0.1, -0.05) is 25.9 Å². The molecule has 4 aromatic heterocycles. The summed E-state index contributed by atoms with van der Waals surface area (Å²) in [6, 6.07) is 1.24. The van der Waals surface area contributed by atoms with Gasteiger partial charge in [0.15, 0.2) is 17.2 Å². The molecule has 4 aromatic rings. The molecule has 0 saturated carbocycles. The van der Waals surface area contributed by atoms with Gasteiger partial charge in [0.1, 0.15) is 34.9 Å². The SMILES string of the molecule is C[C@@H](NC(=O)c1ncnc(N)c1CN(C)C)c1cc(-c2nc3nc(C(C)(C)C)ncc3[nH]2)no1. The number of nitrogen functional groups attached to an aromatic ring is 1. The van der Waals surface area contributed by atoms with Crippen LogP contribution >= 0.6 is 0 Å². The van der Waals surface area contributed by atoms with Gasteiger partial charge in [-0.05, 0) is 21.0 Å². The van der Waals surface area contributed by atoms with Crippen LogP contribution in [0.5, 0.6) is 0 Å². The quantitative estimate of drug-likeness (QED) is 0.385. The Morgan fingerprint density at radius 2 is 2.00 bits per heavy atom. The van der Waals surface area contributed by atoms with E-state index in [4.69, 9.17) is 10.3 Å². The van der Waals surface area contributed by atoms with Crippen LogP contribution in [0.15, 0.2) is 23.1 Å². The Labute approximate surface area is 196 Å². The van der Waals surface area contributed by atoms with E-state index in [1.807, 2.05) is 39.8 Å². The second kappa shape index (κ2) is 8.78. The number of imidazole rings is 1. The van der Waals surface area contributed by atoms with E-state index in [0.29, 0.717) is 46.4 Å². The van der Waals surface area contributed by atoms with Crippen molar-refractivity contribution in [1.29, 1.82) is 0 Å². The summed E-state index contributed by atoms with van der Waals surface area (Å²) >= 11 is 0. The Hall–Kier alpha value is -3.93. The molecule has 0 spiro atoms. The van der Waals surface area contributed by atoms with Gasteiger partial charge in [0.05, 0.1) is 12.2 Å². The molecule has 0 fully saturated rings. The van der Waals surface area contributed by atoms with Crippen LogP contribution < -0.4 is 11.1 Å². The number of nitrogens with one attached hydrogen (secondary N) is 2. The zero-order chi connectivity index (χ0) is 24.6. The molecule has 4 rings (SSSR count). The zero-order valence-electron chi connectivity index (χ0n) is 20.0. The molecular formula is C22H28N10O2. The van der Waals surface area contributed by atoms with Gasteiger partial charge in [0.25, 0.3) is 5.91 Å². The maximum atomic E-state index is 12.9. The number of anilines is 1. The first-order valence-electron chi connectivity index (χ1n) is 10.8. The fraction of sp³-hybridized carbons (Fsp3) is 0.409. The highest BCUT2D eigenvalue weighted by molar-refractivity contribution is 5.94. The lowest BCUT2D eigenvalue weighted by Crippen LogP contribution is -2.29. The number of aromatic nitrogens is 7. The van der Waals surface area contributed by atoms with Crippen molar-refractivity contribution in [3.05, 3.63) is 41.4 Å². The molecule has 1 amide bonds. The second-order valence-corrected chi connectivity index (χ2v) is 9.40. The minimum Gasteiger partial charge on any atom is -0.383 e. The largest absolute Gasteiger partial charge is 0.383 e. The van der Waals surface area contributed by atoms with Gasteiger partial charge in [-0.3, -0.25) is 4.79 Å². The van der Waals surface area contributed by atoms with Crippen molar-refractivity contribution < 1.29 is 9.32 Å². The van der Waals surface area contributed by atoms with Gasteiger partial charge >= 0.3 is 0 Å². The number of aromatic amines is 1. The summed E-state index contributed by atoms with van der Waals surface area (Å²) < 4.78 is 5.48. The van der Waals surface area contributed by atoms with Crippen LogP contribution in [0.25, 0.3) is 22.7 Å². The summed E-state index contributed by atoms with van der Waals surface area (Å²) in [5.41, 5.74) is 8.31. The van der Waals surface area contributed by atoms with Crippen LogP contribution in [0, 0.1) is 0 Å². The van der Waals surface area contributed by atoms with Gasteiger partial charge in [0, 0.05) is 23.6 Å². The maximum Gasteiger partial charge on any atom is 0.271 e. The zero-order valence-corrected chi connectivity index (χ0v) is 20.0. The standard InChI is InChI=1S/C22H28N10O2/c1-11(27-20(33)16-12(9-32(5)6)17(23)26-10-25-16)15-7-13(31-34-15)18-28-14-8-24-21(22(2,3)4)30-19(14)29-18/h7-8,10-11H,9H2,1-6H3,(H,27,33)(H2,23,25,26)(H,24,28,29,30)/t11-/m1/s1. The van der Waals surface area contributed by atoms with Crippen LogP contribution in [-0.2, 0) is 12.0 Å². The number of carbonyl (C=O) groups excluding carboxylic acids is 1. The molecule has 1 atom stereocenters. The van der Waals surface area contributed by atoms with E-state index in [2.05, 4.69) is 40.4 Å². The van der Waals surface area contributed by atoms with E-state index in [1.54, 1.807) is 19.2 Å². The highest BCUT2D eigenvalue weighted by Gasteiger charge is 2.23. The van der Waals surface area contributed by atoms with Crippen molar-refractivity contribution in [3.63, 3.8) is 0 Å². The summed E-state index contributed by atoms with van der Waals surface area (Å²) in [6.45, 7) is 8.35. The third-order valence-corrected chi connectivity index (χ3v) is 5.12. The summed E-state index contributed by atoms with van der Waals surface area (Å²) in [7, 11) is 3.75. The van der Waals surface area contributed by atoms with E-state index >= 15 is 0 Å². The van der Waals surface area contributed by atoms with Gasteiger partial charge in [-0.15, -0.1) is 0 Å². The summed E-state index contributed by atoms with van der Waals surface area (Å²) in [5, 5.41) is 6.98. The molecule has 12 nitrogen and oxygen atoms in total. The lowest BCUT2D eigenvalue weighted by Gasteiger charge is -2.16. The van der Waals surface area contributed by atoms with Crippen LogP contribution in [-0.4, -0.2) is 60.0 Å². The van der Waals surface area contributed by atoms with Crippen molar-refractivity contribution in [2.24, 2.45) is 0 Å². The molecule has 0 aliphatic heterocycles. The molecular weight excluding hydrogens is 436 g/mol. The molecule has 0 radical (unpaired) electrons. The molecule has 4 N–H and O–H groups in total. The number of hydrogen-bond donors (Lipinski definition) is 3. The number of nitrogens with two attached hydrogens (primary N) is 1. The highest BCUT2D eigenvalue weighted by Crippen LogP contribution is 2.25. The van der Waals surface area contributed by atoms with Gasteiger partial charge in [-0.25, -0.2) is 24.9 Å². The maximum absolute atomic E-state index is 12.9. The fourth-order valence-corrected chi connectivity index (χ4v) is 3.33. The molecule has 0 aromatic carbocycles. The van der Waals surface area contributed by atoms with Crippen molar-refractivity contribution in [2.75, 3.05) is 19.8 Å². The van der Waals surface area contributed by atoms with Crippen molar-refractivity contribution in [1.82, 2.24) is 45.3 Å². The Morgan fingerprint density at radius 3 is 2.71 bits per heavy atom. The average Bonchev–Trinajstić information content (AvgIpc) is 3.40. The monoisotopic (exact) mass is 464 g/mol. The number of hydrogen-bond acceptors (Lipinski definition) is 10. The molecule has 0 bridgehead atoms. The number of nitrogens with zero attached hydrogens (tertiary/aromatic N) is 7. The number of rotatable bonds is 6. The Bertz CT molecular complexity index is 1340. The minimum absolute atomic E-state index is 0.192. The minimum atomic E-state index is -0.478. The summed E-state index contributed by atoms with van der Waals surface area (Å²) in [4.78, 5) is 39.6. The number of carbonyl (C=O) groups is 1. The van der Waals surface area contributed by atoms with Crippen LogP contribution in [0.4, 0.5) is 5.82 Å². The molecule has 0 unspecified atom stereocenters. The first kappa shape index (κ1) is 23.2. The molecule has 0 aliphatic carbocycles. The Kier molecular flexibility index (Phi) is 6.00. The van der Waals surface area contributed by atoms with E-state index in [0.717, 1.165) is 0 Å². The molecule has 34 heavy (non-hydrogen) atoms. The van der Waals surface area contributed by atoms with Crippen LogP contribution in [0.1, 0.15) is 61.4 Å². The van der Waals surface area contributed by atoms with Crippen molar-refractivity contribution >= 4 is 22.9 Å².